The van der Waals surface area contributed by atoms with E-state index in [-0.39, 0.29) is 33.8 Å². The molecule has 1 amide bonds. The number of halogens is 4. The summed E-state index contributed by atoms with van der Waals surface area (Å²) in [4.78, 5) is 26.8. The van der Waals surface area contributed by atoms with Gasteiger partial charge in [-0.05, 0) is 56.2 Å². The van der Waals surface area contributed by atoms with Gasteiger partial charge in [-0.3, -0.25) is 9.59 Å². The van der Waals surface area contributed by atoms with Crippen LogP contribution in [0.4, 0.5) is 18.9 Å². The molecule has 0 fully saturated rings. The molecule has 12 heteroatoms. The predicted molar refractivity (Wildman–Crippen MR) is 133 cm³/mol. The number of anilines is 1. The van der Waals surface area contributed by atoms with E-state index in [4.69, 9.17) is 11.6 Å². The molecule has 0 aliphatic rings. The summed E-state index contributed by atoms with van der Waals surface area (Å²) in [6.07, 6.45) is -4.16. The van der Waals surface area contributed by atoms with E-state index in [9.17, 15) is 27.9 Å². The summed E-state index contributed by atoms with van der Waals surface area (Å²) in [7, 11) is 0. The molecule has 0 saturated carbocycles. The largest absolute Gasteiger partial charge is 0.416 e. The van der Waals surface area contributed by atoms with Gasteiger partial charge >= 0.3 is 6.18 Å². The number of hydrogen-bond donors (Lipinski definition) is 2. The second-order valence-electron chi connectivity index (χ2n) is 8.95. The van der Waals surface area contributed by atoms with Crippen LogP contribution in [0.1, 0.15) is 37.6 Å². The van der Waals surface area contributed by atoms with Crippen LogP contribution in [-0.4, -0.2) is 30.6 Å². The summed E-state index contributed by atoms with van der Waals surface area (Å²) in [6, 6.07) is 10.8. The molecule has 0 aliphatic carbocycles. The number of aromatic nitrogens is 4. The van der Waals surface area contributed by atoms with E-state index in [1.54, 1.807) is 38.1 Å². The maximum absolute atomic E-state index is 12.9. The van der Waals surface area contributed by atoms with Gasteiger partial charge in [-0.15, -0.1) is 15.0 Å². The molecule has 0 spiro atoms. The van der Waals surface area contributed by atoms with Gasteiger partial charge in [0.1, 0.15) is 6.54 Å². The molecule has 0 bridgehead atoms. The highest BCUT2D eigenvalue weighted by Gasteiger charge is 2.31. The molecule has 2 heterocycles. The lowest BCUT2D eigenvalue weighted by Gasteiger charge is -2.17. The molecule has 2 aromatic carbocycles. The number of aryl methyl sites for hydroxylation is 1. The van der Waals surface area contributed by atoms with Crippen molar-refractivity contribution in [3.63, 3.8) is 0 Å². The Kier molecular flexibility index (Phi) is 6.87. The van der Waals surface area contributed by atoms with Crippen LogP contribution < -0.4 is 10.7 Å². The van der Waals surface area contributed by atoms with Crippen LogP contribution in [0.3, 0.4) is 0 Å². The van der Waals surface area contributed by atoms with Crippen molar-refractivity contribution in [2.75, 3.05) is 5.32 Å². The van der Waals surface area contributed by atoms with Crippen molar-refractivity contribution in [2.45, 2.75) is 45.5 Å². The average molecular weight is 534 g/mol. The summed E-state index contributed by atoms with van der Waals surface area (Å²) in [5.74, 6) is -0.578. The van der Waals surface area contributed by atoms with Crippen molar-refractivity contribution in [1.29, 1.82) is 0 Å². The molecular weight excluding hydrogens is 511 g/mol. The lowest BCUT2D eigenvalue weighted by molar-refractivity contribution is -0.137. The zero-order valence-electron chi connectivity index (χ0n) is 20.1. The number of hydrogen-bond acceptors (Lipinski definition) is 5. The Morgan fingerprint density at radius 2 is 1.70 bits per heavy atom. The van der Waals surface area contributed by atoms with Crippen molar-refractivity contribution < 1.29 is 23.1 Å². The fourth-order valence-corrected chi connectivity index (χ4v) is 4.02. The molecule has 0 atom stereocenters. The van der Waals surface area contributed by atoms with E-state index >= 15 is 0 Å². The van der Waals surface area contributed by atoms with Crippen molar-refractivity contribution in [3.8, 4) is 5.69 Å². The first-order valence-corrected chi connectivity index (χ1v) is 11.7. The maximum atomic E-state index is 12.9. The Morgan fingerprint density at radius 3 is 2.27 bits per heavy atom. The van der Waals surface area contributed by atoms with Crippen molar-refractivity contribution in [2.24, 2.45) is 0 Å². The molecule has 194 valence electrons. The topological polar surface area (TPSA) is 102 Å². The Balaban J connectivity index is 1.67. The van der Waals surface area contributed by atoms with Crippen molar-refractivity contribution >= 4 is 34.4 Å². The molecule has 0 radical (unpaired) electrons. The van der Waals surface area contributed by atoms with Crippen LogP contribution in [0.2, 0.25) is 5.02 Å². The fraction of sp³-hybridized carbons (Fsp3) is 0.280. The van der Waals surface area contributed by atoms with Gasteiger partial charge in [0.2, 0.25) is 11.3 Å². The van der Waals surface area contributed by atoms with Gasteiger partial charge in [0, 0.05) is 11.8 Å². The molecule has 2 N–H and O–H groups in total. The molecule has 2 aromatic heterocycles. The second kappa shape index (κ2) is 9.64. The summed E-state index contributed by atoms with van der Waals surface area (Å²) in [5, 5.41) is 21.2. The highest BCUT2D eigenvalue weighted by atomic mass is 35.5. The highest BCUT2D eigenvalue weighted by Crippen LogP contribution is 2.33. The minimum atomic E-state index is -4.57. The van der Waals surface area contributed by atoms with E-state index in [1.807, 2.05) is 6.92 Å². The quantitative estimate of drug-likeness (QED) is 0.374. The number of carbonyl (C=O) groups is 1. The monoisotopic (exact) mass is 533 g/mol. The first-order valence-electron chi connectivity index (χ1n) is 11.3. The normalized spacial score (nSPS) is 12.2. The van der Waals surface area contributed by atoms with Crippen LogP contribution in [0, 0.1) is 0 Å². The third-order valence-electron chi connectivity index (χ3n) is 5.77. The summed E-state index contributed by atoms with van der Waals surface area (Å²) in [5.41, 5.74) is -0.360. The smallest absolute Gasteiger partial charge is 0.386 e. The fourth-order valence-electron chi connectivity index (χ4n) is 3.79. The Bertz CT molecular complexity index is 1540. The zero-order valence-corrected chi connectivity index (χ0v) is 20.9. The van der Waals surface area contributed by atoms with Crippen LogP contribution in [0.5, 0.6) is 0 Å². The number of benzene rings is 2. The number of fused-ring (bicyclic) bond motifs is 1. The van der Waals surface area contributed by atoms with Gasteiger partial charge in [0.15, 0.2) is 11.2 Å². The standard InChI is InChI=1S/C25H23ClF3N5O3/c1-4-16-12-20(35)22-23(32-34(31-22)17-8-5-14(6-9-17)24(2,3)37)33(16)13-21(36)30-19-10-7-15(11-18(19)26)25(27,28)29/h5-12,37H,4,13H2,1-3H3,(H,30,36). The Labute approximate surface area is 214 Å². The highest BCUT2D eigenvalue weighted by molar-refractivity contribution is 6.33. The Hall–Kier alpha value is -3.70. The maximum Gasteiger partial charge on any atom is 0.416 e. The van der Waals surface area contributed by atoms with Crippen LogP contribution in [0.25, 0.3) is 16.9 Å². The van der Waals surface area contributed by atoms with Gasteiger partial charge in [-0.1, -0.05) is 30.7 Å². The second-order valence-corrected chi connectivity index (χ2v) is 9.35. The van der Waals surface area contributed by atoms with Crippen LogP contribution in [-0.2, 0) is 29.5 Å². The number of nitrogens with zero attached hydrogens (tertiary/aromatic N) is 4. The van der Waals surface area contributed by atoms with Crippen LogP contribution >= 0.6 is 11.6 Å². The zero-order chi connectivity index (χ0) is 27.1. The number of pyridine rings is 1. The van der Waals surface area contributed by atoms with Gasteiger partial charge < -0.3 is 15.0 Å². The summed E-state index contributed by atoms with van der Waals surface area (Å²) >= 11 is 5.96. The third-order valence-corrected chi connectivity index (χ3v) is 6.08. The SMILES string of the molecule is CCc1cc(=O)c2nn(-c3ccc(C(C)(C)O)cc3)nc2n1CC(=O)Nc1ccc(C(F)(F)F)cc1Cl. The molecule has 4 rings (SSSR count). The van der Waals surface area contributed by atoms with Gasteiger partial charge in [0.25, 0.3) is 0 Å². The third kappa shape index (κ3) is 5.52. The lowest BCUT2D eigenvalue weighted by atomic mass is 9.98. The van der Waals surface area contributed by atoms with E-state index in [2.05, 4.69) is 15.5 Å². The average Bonchev–Trinajstić information content (AvgIpc) is 3.27. The van der Waals surface area contributed by atoms with Crippen molar-refractivity contribution in [1.82, 2.24) is 19.6 Å². The molecule has 4 aromatic rings. The lowest BCUT2D eigenvalue weighted by Crippen LogP contribution is -2.23. The molecule has 8 nitrogen and oxygen atoms in total. The van der Waals surface area contributed by atoms with Gasteiger partial charge in [-0.2, -0.15) is 13.2 Å². The minimum absolute atomic E-state index is 0.0190. The number of nitrogens with one attached hydrogen (secondary N) is 1. The molecular formula is C25H23ClF3N5O3. The number of rotatable bonds is 6. The van der Waals surface area contributed by atoms with Crippen LogP contribution in [0.15, 0.2) is 53.3 Å². The number of amides is 1. The van der Waals surface area contributed by atoms with Crippen molar-refractivity contribution in [3.05, 3.63) is 80.6 Å². The van der Waals surface area contributed by atoms with E-state index in [1.165, 1.54) is 15.4 Å². The van der Waals surface area contributed by atoms with Gasteiger partial charge in [-0.25, -0.2) is 0 Å². The summed E-state index contributed by atoms with van der Waals surface area (Å²) in [6.45, 7) is 4.84. The number of carbonyl (C=O) groups excluding carboxylic acids is 1. The van der Waals surface area contributed by atoms with E-state index in [0.717, 1.165) is 18.2 Å². The molecule has 37 heavy (non-hydrogen) atoms. The first kappa shape index (κ1) is 26.4. The van der Waals surface area contributed by atoms with Gasteiger partial charge in [0.05, 0.1) is 27.6 Å². The number of alkyl halides is 3. The van der Waals surface area contributed by atoms with E-state index in [0.29, 0.717) is 23.4 Å². The molecule has 0 saturated heterocycles. The minimum Gasteiger partial charge on any atom is -0.386 e. The number of aliphatic hydroxyl groups is 1. The molecule has 0 unspecified atom stereocenters. The predicted octanol–water partition coefficient (Wildman–Crippen LogP) is 4.68. The molecule has 0 aliphatic heterocycles. The summed E-state index contributed by atoms with van der Waals surface area (Å²) < 4.78 is 40.3. The first-order chi connectivity index (χ1) is 17.3. The van der Waals surface area contributed by atoms with E-state index < -0.39 is 23.2 Å². The Morgan fingerprint density at radius 1 is 1.05 bits per heavy atom.